The Balaban J connectivity index is 2.02. The molecule has 3 unspecified atom stereocenters. The van der Waals surface area contributed by atoms with Gasteiger partial charge in [-0.25, -0.2) is 0 Å². The number of carbonyl (C=O) groups is 1. The minimum atomic E-state index is 0.0765. The van der Waals surface area contributed by atoms with Crippen molar-refractivity contribution in [2.75, 3.05) is 13.2 Å². The van der Waals surface area contributed by atoms with E-state index in [9.17, 15) is 4.79 Å². The molecular formula is C14H28N2O2. The van der Waals surface area contributed by atoms with Gasteiger partial charge in [-0.05, 0) is 32.1 Å². The van der Waals surface area contributed by atoms with Crippen molar-refractivity contribution in [3.63, 3.8) is 0 Å². The van der Waals surface area contributed by atoms with E-state index in [0.29, 0.717) is 31.6 Å². The van der Waals surface area contributed by atoms with Gasteiger partial charge in [0, 0.05) is 19.0 Å². The summed E-state index contributed by atoms with van der Waals surface area (Å²) in [6, 6.07) is 0.0927. The molecule has 0 aromatic carbocycles. The zero-order valence-electron chi connectivity index (χ0n) is 11.8. The zero-order chi connectivity index (χ0) is 13.4. The number of rotatable bonds is 7. The van der Waals surface area contributed by atoms with Crippen LogP contribution in [0.5, 0.6) is 0 Å². The van der Waals surface area contributed by atoms with E-state index in [-0.39, 0.29) is 11.9 Å². The molecule has 0 spiro atoms. The highest BCUT2D eigenvalue weighted by Crippen LogP contribution is 2.25. The minimum Gasteiger partial charge on any atom is -0.376 e. The molecule has 1 aliphatic rings. The van der Waals surface area contributed by atoms with Gasteiger partial charge in [0.15, 0.2) is 0 Å². The summed E-state index contributed by atoms with van der Waals surface area (Å²) in [4.78, 5) is 11.4. The van der Waals surface area contributed by atoms with Crippen LogP contribution in [0, 0.1) is 5.92 Å². The minimum absolute atomic E-state index is 0.0765. The Labute approximate surface area is 111 Å². The number of nitrogens with two attached hydrogens (primary N) is 1. The maximum atomic E-state index is 11.4. The fraction of sp³-hybridized carbons (Fsp3) is 0.929. The topological polar surface area (TPSA) is 64.4 Å². The number of amides is 1. The van der Waals surface area contributed by atoms with Crippen LogP contribution in [0.3, 0.4) is 0 Å². The average molecular weight is 256 g/mol. The van der Waals surface area contributed by atoms with Gasteiger partial charge in [0.25, 0.3) is 0 Å². The Morgan fingerprint density at radius 2 is 2.17 bits per heavy atom. The monoisotopic (exact) mass is 256 g/mol. The van der Waals surface area contributed by atoms with Crippen LogP contribution in [-0.4, -0.2) is 31.2 Å². The summed E-state index contributed by atoms with van der Waals surface area (Å²) in [7, 11) is 0. The molecule has 0 aliphatic heterocycles. The highest BCUT2D eigenvalue weighted by molar-refractivity contribution is 5.75. The summed E-state index contributed by atoms with van der Waals surface area (Å²) in [5, 5.41) is 2.87. The summed E-state index contributed by atoms with van der Waals surface area (Å²) < 4.78 is 5.83. The molecular weight excluding hydrogens is 228 g/mol. The lowest BCUT2D eigenvalue weighted by molar-refractivity contribution is -0.121. The Morgan fingerprint density at radius 3 is 2.83 bits per heavy atom. The van der Waals surface area contributed by atoms with Gasteiger partial charge in [0.05, 0.1) is 12.7 Å². The van der Waals surface area contributed by atoms with Crippen LogP contribution in [0.25, 0.3) is 0 Å². The first-order valence-electron chi connectivity index (χ1n) is 7.23. The molecule has 1 fully saturated rings. The van der Waals surface area contributed by atoms with Crippen molar-refractivity contribution in [2.45, 2.75) is 64.5 Å². The maximum absolute atomic E-state index is 11.4. The van der Waals surface area contributed by atoms with Crippen LogP contribution in [0.2, 0.25) is 0 Å². The van der Waals surface area contributed by atoms with Gasteiger partial charge in [-0.1, -0.05) is 19.8 Å². The van der Waals surface area contributed by atoms with E-state index in [1.165, 1.54) is 25.7 Å². The van der Waals surface area contributed by atoms with E-state index in [0.717, 1.165) is 6.42 Å². The molecule has 1 saturated carbocycles. The zero-order valence-corrected chi connectivity index (χ0v) is 11.8. The van der Waals surface area contributed by atoms with Crippen LogP contribution in [0.4, 0.5) is 0 Å². The Morgan fingerprint density at radius 1 is 1.44 bits per heavy atom. The second-order valence-electron chi connectivity index (χ2n) is 5.54. The lowest BCUT2D eigenvalue weighted by Crippen LogP contribution is -2.32. The lowest BCUT2D eigenvalue weighted by Gasteiger charge is -2.28. The van der Waals surface area contributed by atoms with Gasteiger partial charge < -0.3 is 15.8 Å². The molecule has 0 aromatic rings. The van der Waals surface area contributed by atoms with Gasteiger partial charge in [-0.2, -0.15) is 0 Å². The third-order valence-corrected chi connectivity index (χ3v) is 3.62. The van der Waals surface area contributed by atoms with Crippen LogP contribution >= 0.6 is 0 Å². The molecule has 0 bridgehead atoms. The van der Waals surface area contributed by atoms with E-state index in [1.807, 2.05) is 6.92 Å². The molecule has 3 atom stereocenters. The van der Waals surface area contributed by atoms with Crippen LogP contribution in [0.15, 0.2) is 0 Å². The second kappa shape index (κ2) is 8.48. The van der Waals surface area contributed by atoms with E-state index in [4.69, 9.17) is 10.5 Å². The Bertz CT molecular complexity index is 244. The van der Waals surface area contributed by atoms with Gasteiger partial charge in [0.2, 0.25) is 5.91 Å². The fourth-order valence-corrected chi connectivity index (χ4v) is 2.38. The number of carbonyl (C=O) groups excluding carboxylic acids is 1. The second-order valence-corrected chi connectivity index (χ2v) is 5.54. The summed E-state index contributed by atoms with van der Waals surface area (Å²) >= 11 is 0. The Hall–Kier alpha value is -0.610. The van der Waals surface area contributed by atoms with Crippen molar-refractivity contribution in [3.8, 4) is 0 Å². The van der Waals surface area contributed by atoms with Crippen molar-refractivity contribution in [3.05, 3.63) is 0 Å². The Kier molecular flexibility index (Phi) is 7.28. The molecule has 0 heterocycles. The average Bonchev–Trinajstić information content (AvgIpc) is 2.34. The molecule has 0 saturated heterocycles. The standard InChI is InChI=1S/C14H28N2O2/c1-11-5-3-4-6-13(11)18-10-9-16-14(17)8-7-12(2)15/h11-13H,3-10,15H2,1-2H3,(H,16,17). The van der Waals surface area contributed by atoms with E-state index in [2.05, 4.69) is 12.2 Å². The first-order chi connectivity index (χ1) is 8.59. The number of nitrogens with one attached hydrogen (secondary N) is 1. The van der Waals surface area contributed by atoms with Crippen molar-refractivity contribution in [1.29, 1.82) is 0 Å². The van der Waals surface area contributed by atoms with Crippen LogP contribution in [-0.2, 0) is 9.53 Å². The van der Waals surface area contributed by atoms with Crippen molar-refractivity contribution in [2.24, 2.45) is 11.7 Å². The quantitative estimate of drug-likeness (QED) is 0.683. The van der Waals surface area contributed by atoms with Crippen molar-refractivity contribution < 1.29 is 9.53 Å². The molecule has 3 N–H and O–H groups in total. The number of hydrogen-bond donors (Lipinski definition) is 2. The van der Waals surface area contributed by atoms with Gasteiger partial charge >= 0.3 is 0 Å². The van der Waals surface area contributed by atoms with Gasteiger partial charge in [-0.15, -0.1) is 0 Å². The predicted molar refractivity (Wildman–Crippen MR) is 73.3 cm³/mol. The van der Waals surface area contributed by atoms with Crippen LogP contribution < -0.4 is 11.1 Å². The first kappa shape index (κ1) is 15.4. The summed E-state index contributed by atoms with van der Waals surface area (Å²) in [5.74, 6) is 0.736. The number of hydrogen-bond acceptors (Lipinski definition) is 3. The largest absolute Gasteiger partial charge is 0.376 e. The molecule has 106 valence electrons. The van der Waals surface area contributed by atoms with Gasteiger partial charge in [0.1, 0.15) is 0 Å². The first-order valence-corrected chi connectivity index (χ1v) is 7.23. The van der Waals surface area contributed by atoms with Crippen molar-refractivity contribution >= 4 is 5.91 Å². The van der Waals surface area contributed by atoms with E-state index in [1.54, 1.807) is 0 Å². The lowest BCUT2D eigenvalue weighted by atomic mass is 9.88. The molecule has 0 aromatic heterocycles. The summed E-state index contributed by atoms with van der Waals surface area (Å²) in [5.41, 5.74) is 5.60. The van der Waals surface area contributed by atoms with E-state index >= 15 is 0 Å². The molecule has 4 nitrogen and oxygen atoms in total. The molecule has 1 rings (SSSR count). The molecule has 1 aliphatic carbocycles. The normalized spacial score (nSPS) is 25.7. The molecule has 18 heavy (non-hydrogen) atoms. The predicted octanol–water partition coefficient (Wildman–Crippen LogP) is 1.83. The van der Waals surface area contributed by atoms with Gasteiger partial charge in [-0.3, -0.25) is 4.79 Å². The molecule has 4 heteroatoms. The summed E-state index contributed by atoms with van der Waals surface area (Å²) in [6.07, 6.45) is 6.68. The molecule has 1 amide bonds. The fourth-order valence-electron chi connectivity index (χ4n) is 2.38. The maximum Gasteiger partial charge on any atom is 0.220 e. The third-order valence-electron chi connectivity index (χ3n) is 3.62. The highest BCUT2D eigenvalue weighted by atomic mass is 16.5. The van der Waals surface area contributed by atoms with Crippen LogP contribution in [0.1, 0.15) is 52.4 Å². The van der Waals surface area contributed by atoms with Crippen molar-refractivity contribution in [1.82, 2.24) is 5.32 Å². The third kappa shape index (κ3) is 6.36. The molecule has 0 radical (unpaired) electrons. The van der Waals surface area contributed by atoms with E-state index < -0.39 is 0 Å². The smallest absolute Gasteiger partial charge is 0.220 e. The summed E-state index contributed by atoms with van der Waals surface area (Å²) in [6.45, 7) is 5.41. The number of ether oxygens (including phenoxy) is 1. The highest BCUT2D eigenvalue weighted by Gasteiger charge is 2.21. The SMILES string of the molecule is CC(N)CCC(=O)NCCOC1CCCCC1C.